The third kappa shape index (κ3) is 3.30. The van der Waals surface area contributed by atoms with Gasteiger partial charge in [-0.1, -0.05) is 15.9 Å². The molecule has 0 unspecified atom stereocenters. The first-order chi connectivity index (χ1) is 6.45. The average molecular weight is 363 g/mol. The lowest BCUT2D eigenvalue weighted by Gasteiger charge is -2.13. The Kier molecular flexibility index (Phi) is 4.57. The van der Waals surface area contributed by atoms with E-state index in [9.17, 15) is 8.42 Å². The molecule has 80 valence electrons. The van der Waals surface area contributed by atoms with Crippen molar-refractivity contribution >= 4 is 53.2 Å². The maximum absolute atomic E-state index is 11.4. The van der Waals surface area contributed by atoms with Gasteiger partial charge in [0.2, 0.25) is 10.0 Å². The van der Waals surface area contributed by atoms with Crippen LogP contribution in [-0.2, 0) is 16.6 Å². The van der Waals surface area contributed by atoms with Crippen molar-refractivity contribution in [3.8, 4) is 0 Å². The van der Waals surface area contributed by atoms with Crippen molar-refractivity contribution in [1.29, 1.82) is 0 Å². The molecule has 1 rings (SSSR count). The number of halogens is 2. The fraction of sp³-hybridized carbons (Fsp3) is 0.429. The summed E-state index contributed by atoms with van der Waals surface area (Å²) < 4.78 is 25.1. The fourth-order valence-corrected chi connectivity index (χ4v) is 3.63. The van der Waals surface area contributed by atoms with E-state index in [0.29, 0.717) is 6.54 Å². The first-order valence-electron chi connectivity index (χ1n) is 3.68. The van der Waals surface area contributed by atoms with Crippen LogP contribution in [0.15, 0.2) is 15.2 Å². The van der Waals surface area contributed by atoms with E-state index >= 15 is 0 Å². The van der Waals surface area contributed by atoms with Crippen LogP contribution in [-0.4, -0.2) is 24.4 Å². The van der Waals surface area contributed by atoms with Crippen LogP contribution in [0.5, 0.6) is 0 Å². The highest BCUT2D eigenvalue weighted by atomic mass is 79.9. The Labute approximate surface area is 104 Å². The van der Waals surface area contributed by atoms with Crippen molar-refractivity contribution in [3.63, 3.8) is 0 Å². The Morgan fingerprint density at radius 1 is 1.57 bits per heavy atom. The van der Waals surface area contributed by atoms with Crippen LogP contribution in [0.25, 0.3) is 0 Å². The van der Waals surface area contributed by atoms with E-state index in [1.54, 1.807) is 18.4 Å². The Hall–Kier alpha value is 0.570. The molecule has 1 aromatic rings. The molecule has 0 bridgehead atoms. The lowest BCUT2D eigenvalue weighted by atomic mass is 10.3. The Morgan fingerprint density at radius 2 is 2.21 bits per heavy atom. The second-order valence-corrected chi connectivity index (χ2v) is 8.41. The van der Waals surface area contributed by atoms with Crippen LogP contribution in [0.2, 0.25) is 0 Å². The minimum absolute atomic E-state index is 0.0399. The molecule has 0 amide bonds. The molecule has 0 aliphatic carbocycles. The minimum atomic E-state index is -3.15. The monoisotopic (exact) mass is 361 g/mol. The molecule has 0 fully saturated rings. The van der Waals surface area contributed by atoms with Crippen molar-refractivity contribution < 1.29 is 8.42 Å². The van der Waals surface area contributed by atoms with Crippen LogP contribution in [0.1, 0.15) is 5.56 Å². The second-order valence-electron chi connectivity index (χ2n) is 2.74. The third-order valence-corrected chi connectivity index (χ3v) is 6.28. The van der Waals surface area contributed by atoms with Crippen LogP contribution < -0.4 is 0 Å². The van der Waals surface area contributed by atoms with Gasteiger partial charge in [0.15, 0.2) is 0 Å². The van der Waals surface area contributed by atoms with E-state index in [4.69, 9.17) is 0 Å². The number of rotatable bonds is 4. The topological polar surface area (TPSA) is 37.4 Å². The normalized spacial score (nSPS) is 12.3. The number of alkyl halides is 1. The Morgan fingerprint density at radius 3 is 2.64 bits per heavy atom. The smallest absolute Gasteiger partial charge is 0.211 e. The molecular weight excluding hydrogens is 354 g/mol. The summed E-state index contributed by atoms with van der Waals surface area (Å²) in [5.74, 6) is 0. The van der Waals surface area contributed by atoms with Crippen molar-refractivity contribution in [2.45, 2.75) is 6.54 Å². The maximum Gasteiger partial charge on any atom is 0.224 e. The van der Waals surface area contributed by atoms with Crippen LogP contribution in [0.3, 0.4) is 0 Å². The molecule has 0 aliphatic rings. The summed E-state index contributed by atoms with van der Waals surface area (Å²) in [7, 11) is -1.58. The average Bonchev–Trinajstić information content (AvgIpc) is 2.51. The van der Waals surface area contributed by atoms with Gasteiger partial charge in [-0.05, 0) is 32.9 Å². The lowest BCUT2D eigenvalue weighted by Crippen LogP contribution is -2.26. The van der Waals surface area contributed by atoms with Gasteiger partial charge < -0.3 is 0 Å². The lowest BCUT2D eigenvalue weighted by molar-refractivity contribution is 0.472. The molecule has 0 radical (unpaired) electrons. The zero-order valence-electron chi connectivity index (χ0n) is 7.41. The van der Waals surface area contributed by atoms with E-state index in [-0.39, 0.29) is 4.66 Å². The van der Waals surface area contributed by atoms with Crippen LogP contribution in [0.4, 0.5) is 0 Å². The summed E-state index contributed by atoms with van der Waals surface area (Å²) in [5, 5.41) is 1.93. The molecule has 1 heterocycles. The predicted molar refractivity (Wildman–Crippen MR) is 66.2 cm³/mol. The highest BCUT2D eigenvalue weighted by Gasteiger charge is 2.16. The van der Waals surface area contributed by atoms with Crippen LogP contribution >= 0.6 is 43.2 Å². The number of hydrogen-bond acceptors (Lipinski definition) is 3. The molecule has 0 spiro atoms. The van der Waals surface area contributed by atoms with Crippen molar-refractivity contribution in [2.75, 3.05) is 11.7 Å². The minimum Gasteiger partial charge on any atom is -0.211 e. The van der Waals surface area contributed by atoms with Gasteiger partial charge in [-0.25, -0.2) is 8.42 Å². The third-order valence-electron chi connectivity index (χ3n) is 1.64. The SMILES string of the molecule is CN(Cc1csc(Br)c1)S(=O)(=O)CBr. The van der Waals surface area contributed by atoms with Gasteiger partial charge in [0, 0.05) is 13.6 Å². The summed E-state index contributed by atoms with van der Waals surface area (Å²) in [5.41, 5.74) is 0.994. The zero-order valence-corrected chi connectivity index (χ0v) is 12.2. The van der Waals surface area contributed by atoms with Gasteiger partial charge in [0.1, 0.15) is 4.66 Å². The fourth-order valence-electron chi connectivity index (χ4n) is 0.867. The van der Waals surface area contributed by atoms with Crippen molar-refractivity contribution in [2.24, 2.45) is 0 Å². The Balaban J connectivity index is 2.71. The van der Waals surface area contributed by atoms with Gasteiger partial charge in [-0.2, -0.15) is 4.31 Å². The second kappa shape index (κ2) is 5.07. The molecule has 3 nitrogen and oxygen atoms in total. The van der Waals surface area contributed by atoms with E-state index in [1.807, 2.05) is 11.4 Å². The highest BCUT2D eigenvalue weighted by molar-refractivity contribution is 9.11. The number of hydrogen-bond donors (Lipinski definition) is 0. The molecule has 14 heavy (non-hydrogen) atoms. The van der Waals surface area contributed by atoms with Crippen molar-refractivity contribution in [3.05, 3.63) is 20.8 Å². The first-order valence-corrected chi connectivity index (χ1v) is 8.09. The van der Waals surface area contributed by atoms with E-state index in [1.165, 1.54) is 4.31 Å². The standard InChI is InChI=1S/C7H9Br2NO2S2/c1-10(14(11,12)5-8)3-6-2-7(9)13-4-6/h2,4H,3,5H2,1H3. The predicted octanol–water partition coefficient (Wildman–Crippen LogP) is 2.62. The first kappa shape index (κ1) is 12.6. The van der Waals surface area contributed by atoms with Gasteiger partial charge in [0.25, 0.3) is 0 Å². The highest BCUT2D eigenvalue weighted by Crippen LogP contribution is 2.22. The zero-order chi connectivity index (χ0) is 10.8. The van der Waals surface area contributed by atoms with E-state index in [2.05, 4.69) is 31.9 Å². The largest absolute Gasteiger partial charge is 0.224 e. The molecule has 7 heteroatoms. The quantitative estimate of drug-likeness (QED) is 0.772. The van der Waals surface area contributed by atoms with Crippen LogP contribution in [0, 0.1) is 0 Å². The maximum atomic E-state index is 11.4. The van der Waals surface area contributed by atoms with Crippen molar-refractivity contribution in [1.82, 2.24) is 4.31 Å². The van der Waals surface area contributed by atoms with E-state index in [0.717, 1.165) is 9.35 Å². The van der Waals surface area contributed by atoms with Gasteiger partial charge in [0.05, 0.1) is 3.79 Å². The summed E-state index contributed by atoms with van der Waals surface area (Å²) in [4.78, 5) is 0. The molecule has 0 aromatic carbocycles. The van der Waals surface area contributed by atoms with Gasteiger partial charge in [-0.3, -0.25) is 0 Å². The molecule has 0 aliphatic heterocycles. The molecule has 0 atom stereocenters. The van der Waals surface area contributed by atoms with Gasteiger partial charge in [-0.15, -0.1) is 11.3 Å². The molecule has 0 saturated heterocycles. The number of nitrogens with zero attached hydrogens (tertiary/aromatic N) is 1. The molecule has 0 N–H and O–H groups in total. The Bertz CT molecular complexity index is 402. The van der Waals surface area contributed by atoms with Gasteiger partial charge >= 0.3 is 0 Å². The number of sulfonamides is 1. The summed E-state index contributed by atoms with van der Waals surface area (Å²) in [6.07, 6.45) is 0. The summed E-state index contributed by atoms with van der Waals surface area (Å²) >= 11 is 7.83. The molecule has 0 saturated carbocycles. The number of thiophene rings is 1. The summed E-state index contributed by atoms with van der Waals surface area (Å²) in [6, 6.07) is 1.92. The summed E-state index contributed by atoms with van der Waals surface area (Å²) in [6.45, 7) is 0.413. The molecule has 1 aromatic heterocycles. The van der Waals surface area contributed by atoms with E-state index < -0.39 is 10.0 Å². The molecular formula is C7H9Br2NO2S2.